The van der Waals surface area contributed by atoms with Crippen LogP contribution in [0, 0.1) is 0 Å². The van der Waals surface area contributed by atoms with Crippen LogP contribution >= 0.6 is 11.6 Å². The molecule has 1 heterocycles. The number of aldehydes is 1. The first-order chi connectivity index (χ1) is 7.29. The van der Waals surface area contributed by atoms with Gasteiger partial charge in [0.25, 0.3) is 0 Å². The number of methoxy groups -OCH3 is 1. The van der Waals surface area contributed by atoms with Crippen molar-refractivity contribution in [3.8, 4) is 0 Å². The summed E-state index contributed by atoms with van der Waals surface area (Å²) in [5.41, 5.74) is 0.289. The van der Waals surface area contributed by atoms with Crippen LogP contribution < -0.4 is 5.32 Å². The van der Waals surface area contributed by atoms with Crippen molar-refractivity contribution in [2.75, 3.05) is 25.6 Å². The van der Waals surface area contributed by atoms with Crippen LogP contribution in [0.5, 0.6) is 0 Å². The van der Waals surface area contributed by atoms with Gasteiger partial charge in [0, 0.05) is 20.3 Å². The fourth-order valence-corrected chi connectivity index (χ4v) is 1.22. The summed E-state index contributed by atoms with van der Waals surface area (Å²) in [4.78, 5) is 18.4. The maximum absolute atomic E-state index is 10.7. The Morgan fingerprint density at radius 3 is 3.07 bits per heavy atom. The summed E-state index contributed by atoms with van der Waals surface area (Å²) in [6, 6.07) is 0. The minimum absolute atomic E-state index is 0.161. The van der Waals surface area contributed by atoms with Gasteiger partial charge in [-0.1, -0.05) is 11.6 Å². The van der Waals surface area contributed by atoms with Crippen molar-refractivity contribution >= 4 is 23.7 Å². The summed E-state index contributed by atoms with van der Waals surface area (Å²) in [5.74, 6) is 0.459. The van der Waals surface area contributed by atoms with Gasteiger partial charge in [-0.15, -0.1) is 0 Å². The average molecular weight is 230 g/mol. The number of hydrogen-bond acceptors (Lipinski definition) is 5. The normalized spacial score (nSPS) is 10.0. The van der Waals surface area contributed by atoms with Crippen LogP contribution in [-0.4, -0.2) is 36.5 Å². The average Bonchev–Trinajstić information content (AvgIpc) is 2.24. The molecule has 0 amide bonds. The van der Waals surface area contributed by atoms with Gasteiger partial charge in [0.1, 0.15) is 17.3 Å². The van der Waals surface area contributed by atoms with Crippen LogP contribution in [0.3, 0.4) is 0 Å². The van der Waals surface area contributed by atoms with E-state index in [1.807, 2.05) is 0 Å². The zero-order valence-corrected chi connectivity index (χ0v) is 9.12. The lowest BCUT2D eigenvalue weighted by Crippen LogP contribution is -2.08. The van der Waals surface area contributed by atoms with Crippen molar-refractivity contribution in [3.63, 3.8) is 0 Å². The molecule has 0 aromatic carbocycles. The number of halogens is 1. The fourth-order valence-electron chi connectivity index (χ4n) is 1.04. The van der Waals surface area contributed by atoms with Gasteiger partial charge in [0.2, 0.25) is 0 Å². The molecule has 0 spiro atoms. The number of ether oxygens (including phenoxy) is 1. The summed E-state index contributed by atoms with van der Waals surface area (Å²) >= 11 is 5.72. The minimum Gasteiger partial charge on any atom is -0.385 e. The number of carbonyl (C=O) groups is 1. The van der Waals surface area contributed by atoms with Crippen LogP contribution in [-0.2, 0) is 4.74 Å². The number of rotatable bonds is 6. The van der Waals surface area contributed by atoms with Gasteiger partial charge < -0.3 is 10.1 Å². The molecule has 6 heteroatoms. The van der Waals surface area contributed by atoms with Crippen molar-refractivity contribution < 1.29 is 9.53 Å². The third-order valence-electron chi connectivity index (χ3n) is 1.77. The third kappa shape index (κ3) is 3.45. The van der Waals surface area contributed by atoms with E-state index in [4.69, 9.17) is 16.3 Å². The Labute approximate surface area is 92.8 Å². The molecule has 0 bridgehead atoms. The van der Waals surface area contributed by atoms with Crippen molar-refractivity contribution in [1.82, 2.24) is 9.97 Å². The Kier molecular flexibility index (Phi) is 5.00. The van der Waals surface area contributed by atoms with Crippen LogP contribution in [0.1, 0.15) is 16.8 Å². The second-order valence-electron chi connectivity index (χ2n) is 2.82. The lowest BCUT2D eigenvalue weighted by atomic mass is 10.3. The Bertz CT molecular complexity index is 333. The van der Waals surface area contributed by atoms with Crippen LogP contribution in [0.4, 0.5) is 5.82 Å². The summed E-state index contributed by atoms with van der Waals surface area (Å²) in [6.07, 6.45) is 2.78. The lowest BCUT2D eigenvalue weighted by molar-refractivity contribution is 0.112. The smallest absolute Gasteiger partial charge is 0.156 e. The molecule has 0 saturated carbocycles. The van der Waals surface area contributed by atoms with E-state index in [2.05, 4.69) is 15.3 Å². The van der Waals surface area contributed by atoms with Gasteiger partial charge in [-0.05, 0) is 6.42 Å². The number of hydrogen-bond donors (Lipinski definition) is 1. The SMILES string of the molecule is COCCCNc1ncnc(Cl)c1C=O. The van der Waals surface area contributed by atoms with Gasteiger partial charge in [0.05, 0.1) is 5.56 Å². The highest BCUT2D eigenvalue weighted by Gasteiger charge is 2.07. The number of nitrogens with zero attached hydrogens (tertiary/aromatic N) is 2. The van der Waals surface area contributed by atoms with Gasteiger partial charge in [-0.2, -0.15) is 0 Å². The van der Waals surface area contributed by atoms with E-state index in [0.717, 1.165) is 6.42 Å². The van der Waals surface area contributed by atoms with Gasteiger partial charge in [0.15, 0.2) is 6.29 Å². The van der Waals surface area contributed by atoms with E-state index >= 15 is 0 Å². The molecule has 0 aliphatic rings. The molecule has 0 unspecified atom stereocenters. The first-order valence-electron chi connectivity index (χ1n) is 4.48. The molecule has 0 fully saturated rings. The predicted molar refractivity (Wildman–Crippen MR) is 57.4 cm³/mol. The minimum atomic E-state index is 0.161. The molecule has 15 heavy (non-hydrogen) atoms. The molecule has 5 nitrogen and oxygen atoms in total. The summed E-state index contributed by atoms with van der Waals surface area (Å²) in [5, 5.41) is 3.15. The molecule has 0 saturated heterocycles. The van der Waals surface area contributed by atoms with E-state index < -0.39 is 0 Å². The number of aromatic nitrogens is 2. The van der Waals surface area contributed by atoms with Gasteiger partial charge >= 0.3 is 0 Å². The molecule has 1 aromatic rings. The Balaban J connectivity index is 2.60. The van der Waals surface area contributed by atoms with Gasteiger partial charge in [-0.25, -0.2) is 9.97 Å². The largest absolute Gasteiger partial charge is 0.385 e. The molecule has 1 aromatic heterocycles. The van der Waals surface area contributed by atoms with Crippen molar-refractivity contribution in [2.45, 2.75) is 6.42 Å². The second kappa shape index (κ2) is 6.31. The van der Waals surface area contributed by atoms with Gasteiger partial charge in [-0.3, -0.25) is 4.79 Å². The zero-order valence-electron chi connectivity index (χ0n) is 8.36. The van der Waals surface area contributed by atoms with E-state index in [9.17, 15) is 4.79 Å². The van der Waals surface area contributed by atoms with E-state index in [1.54, 1.807) is 7.11 Å². The molecule has 0 aliphatic carbocycles. The molecule has 1 N–H and O–H groups in total. The molecule has 1 rings (SSSR count). The van der Waals surface area contributed by atoms with Crippen LogP contribution in [0.15, 0.2) is 6.33 Å². The van der Waals surface area contributed by atoms with E-state index in [0.29, 0.717) is 25.3 Å². The standard InChI is InChI=1S/C9H12ClN3O2/c1-15-4-2-3-11-9-7(5-14)8(10)12-6-13-9/h5-6H,2-4H2,1H3,(H,11,12,13). The quantitative estimate of drug-likeness (QED) is 0.454. The first kappa shape index (κ1) is 11.9. The summed E-state index contributed by atoms with van der Waals surface area (Å²) in [7, 11) is 1.64. The Morgan fingerprint density at radius 1 is 1.60 bits per heavy atom. The fraction of sp³-hybridized carbons (Fsp3) is 0.444. The molecular weight excluding hydrogens is 218 g/mol. The number of anilines is 1. The highest BCUT2D eigenvalue weighted by molar-refractivity contribution is 6.32. The third-order valence-corrected chi connectivity index (χ3v) is 2.07. The van der Waals surface area contributed by atoms with Crippen molar-refractivity contribution in [3.05, 3.63) is 17.0 Å². The molecule has 0 radical (unpaired) electrons. The highest BCUT2D eigenvalue weighted by Crippen LogP contribution is 2.16. The molecule has 82 valence electrons. The molecular formula is C9H12ClN3O2. The molecule has 0 atom stereocenters. The summed E-state index contributed by atoms with van der Waals surface area (Å²) in [6.45, 7) is 1.32. The Morgan fingerprint density at radius 2 is 2.40 bits per heavy atom. The lowest BCUT2D eigenvalue weighted by Gasteiger charge is -2.07. The maximum Gasteiger partial charge on any atom is 0.156 e. The predicted octanol–water partition coefficient (Wildman–Crippen LogP) is 1.39. The zero-order chi connectivity index (χ0) is 11.1. The highest BCUT2D eigenvalue weighted by atomic mass is 35.5. The second-order valence-corrected chi connectivity index (χ2v) is 3.18. The van der Waals surface area contributed by atoms with E-state index in [-0.39, 0.29) is 10.7 Å². The van der Waals surface area contributed by atoms with Crippen molar-refractivity contribution in [1.29, 1.82) is 0 Å². The first-order valence-corrected chi connectivity index (χ1v) is 4.86. The van der Waals surface area contributed by atoms with Crippen LogP contribution in [0.25, 0.3) is 0 Å². The Hall–Kier alpha value is -1.20. The summed E-state index contributed by atoms with van der Waals surface area (Å²) < 4.78 is 4.89. The topological polar surface area (TPSA) is 64.1 Å². The number of carbonyl (C=O) groups excluding carboxylic acids is 1. The monoisotopic (exact) mass is 229 g/mol. The molecule has 0 aliphatic heterocycles. The van der Waals surface area contributed by atoms with E-state index in [1.165, 1.54) is 6.33 Å². The maximum atomic E-state index is 10.7. The number of nitrogens with one attached hydrogen (secondary N) is 1. The van der Waals surface area contributed by atoms with Crippen LogP contribution in [0.2, 0.25) is 5.15 Å². The van der Waals surface area contributed by atoms with Crippen molar-refractivity contribution in [2.24, 2.45) is 0 Å².